The number of fused-ring (bicyclic) bond motifs is 17. The molecule has 3 aromatic heterocycles. The quantitative estimate of drug-likeness (QED) is 0.146. The van der Waals surface area contributed by atoms with Crippen LogP contribution >= 0.6 is 0 Å². The van der Waals surface area contributed by atoms with E-state index >= 15 is 0 Å². The van der Waals surface area contributed by atoms with E-state index in [1.807, 2.05) is 0 Å². The smallest absolute Gasteiger partial charge is 0.252 e. The molecule has 4 heteroatoms. The molecule has 316 valence electrons. The fourth-order valence-electron chi connectivity index (χ4n) is 14.7. The first-order valence-electron chi connectivity index (χ1n) is 24.6. The van der Waals surface area contributed by atoms with E-state index < -0.39 is 0 Å². The highest BCUT2D eigenvalue weighted by atomic mass is 15.1. The fourth-order valence-corrected chi connectivity index (χ4v) is 14.7. The molecule has 0 unspecified atom stereocenters. The Morgan fingerprint density at radius 3 is 1.29 bits per heavy atom. The van der Waals surface area contributed by atoms with Crippen LogP contribution in [0.5, 0.6) is 0 Å². The van der Waals surface area contributed by atoms with Crippen LogP contribution in [0, 0.1) is 0 Å². The molecule has 0 radical (unpaired) electrons. The number of aromatic nitrogens is 3. The van der Waals surface area contributed by atoms with Crippen molar-refractivity contribution in [2.24, 2.45) is 0 Å². The fraction of sp³-hybridized carbons (Fsp3) is 0. The summed E-state index contributed by atoms with van der Waals surface area (Å²) >= 11 is 0. The van der Waals surface area contributed by atoms with Gasteiger partial charge in [0.25, 0.3) is 6.71 Å². The molecular formula is C66H34BN3. The van der Waals surface area contributed by atoms with Gasteiger partial charge in [0.05, 0.1) is 38.8 Å². The minimum absolute atomic E-state index is 0.00803. The molecule has 5 heterocycles. The van der Waals surface area contributed by atoms with E-state index in [4.69, 9.17) is 0 Å². The Morgan fingerprint density at radius 1 is 0.271 bits per heavy atom. The molecule has 0 N–H and O–H groups in total. The van der Waals surface area contributed by atoms with Crippen molar-refractivity contribution in [1.82, 2.24) is 13.7 Å². The lowest BCUT2D eigenvalue weighted by atomic mass is 9.34. The van der Waals surface area contributed by atoms with Crippen LogP contribution in [-0.4, -0.2) is 20.4 Å². The number of rotatable bonds is 1. The van der Waals surface area contributed by atoms with E-state index in [9.17, 15) is 0 Å². The molecule has 12 aromatic carbocycles. The summed E-state index contributed by atoms with van der Waals surface area (Å²) in [6, 6.07) is 79.2. The van der Waals surface area contributed by atoms with Crippen LogP contribution in [0.1, 0.15) is 0 Å². The maximum Gasteiger partial charge on any atom is 0.252 e. The van der Waals surface area contributed by atoms with Crippen molar-refractivity contribution in [1.29, 1.82) is 0 Å². The highest BCUT2D eigenvalue weighted by Crippen LogP contribution is 2.53. The van der Waals surface area contributed by atoms with E-state index in [2.05, 4.69) is 220 Å². The molecule has 0 atom stereocenters. The lowest BCUT2D eigenvalue weighted by Crippen LogP contribution is -2.59. The predicted octanol–water partition coefficient (Wildman–Crippen LogP) is 14.9. The molecular weight excluding hydrogens is 846 g/mol. The second-order valence-corrected chi connectivity index (χ2v) is 20.2. The highest BCUT2D eigenvalue weighted by molar-refractivity contribution is 7.00. The van der Waals surface area contributed by atoms with Crippen molar-refractivity contribution in [3.8, 4) is 61.6 Å². The van der Waals surface area contributed by atoms with Gasteiger partial charge in [-0.25, -0.2) is 0 Å². The van der Waals surface area contributed by atoms with Gasteiger partial charge in [0, 0.05) is 43.7 Å². The van der Waals surface area contributed by atoms with Crippen LogP contribution in [0.2, 0.25) is 0 Å². The van der Waals surface area contributed by atoms with Crippen LogP contribution in [-0.2, 0) is 0 Å². The molecule has 19 rings (SSSR count). The summed E-state index contributed by atoms with van der Waals surface area (Å²) in [5, 5.41) is 15.8. The number of para-hydroxylation sites is 1. The van der Waals surface area contributed by atoms with Crippen molar-refractivity contribution >= 4 is 121 Å². The second-order valence-electron chi connectivity index (χ2n) is 20.2. The van der Waals surface area contributed by atoms with Gasteiger partial charge >= 0.3 is 0 Å². The van der Waals surface area contributed by atoms with E-state index in [-0.39, 0.29) is 6.71 Å². The summed E-state index contributed by atoms with van der Waals surface area (Å²) in [6.07, 6.45) is 0. The first-order chi connectivity index (χ1) is 34.8. The maximum atomic E-state index is 2.69. The molecule has 0 saturated heterocycles. The van der Waals surface area contributed by atoms with Crippen LogP contribution in [0.25, 0.3) is 159 Å². The Morgan fingerprint density at radius 2 is 0.714 bits per heavy atom. The molecule has 0 bridgehead atoms. The molecule has 4 aliphatic rings. The van der Waals surface area contributed by atoms with Gasteiger partial charge < -0.3 is 13.7 Å². The summed E-state index contributed by atoms with van der Waals surface area (Å²) in [4.78, 5) is 0. The van der Waals surface area contributed by atoms with Gasteiger partial charge in [-0.2, -0.15) is 0 Å². The summed E-state index contributed by atoms with van der Waals surface area (Å²) < 4.78 is 7.93. The predicted molar refractivity (Wildman–Crippen MR) is 295 cm³/mol. The van der Waals surface area contributed by atoms with Crippen LogP contribution in [0.4, 0.5) is 0 Å². The maximum absolute atomic E-state index is 2.69. The third-order valence-electron chi connectivity index (χ3n) is 17.2. The van der Waals surface area contributed by atoms with E-state index in [0.29, 0.717) is 0 Å². The van der Waals surface area contributed by atoms with Crippen molar-refractivity contribution in [3.05, 3.63) is 206 Å². The Balaban J connectivity index is 1.06. The zero-order valence-electron chi connectivity index (χ0n) is 37.5. The highest BCUT2D eigenvalue weighted by Gasteiger charge is 2.43. The summed E-state index contributed by atoms with van der Waals surface area (Å²) in [6.45, 7) is -0.00803. The van der Waals surface area contributed by atoms with E-state index in [1.54, 1.807) is 0 Å². The number of nitrogens with zero attached hydrogens (tertiary/aromatic N) is 3. The monoisotopic (exact) mass is 879 g/mol. The van der Waals surface area contributed by atoms with Crippen LogP contribution in [0.3, 0.4) is 0 Å². The van der Waals surface area contributed by atoms with Crippen molar-refractivity contribution in [2.75, 3.05) is 0 Å². The van der Waals surface area contributed by atoms with Gasteiger partial charge in [-0.15, -0.1) is 0 Å². The van der Waals surface area contributed by atoms with Gasteiger partial charge in [-0.3, -0.25) is 0 Å². The Kier molecular flexibility index (Phi) is 5.89. The average molecular weight is 880 g/mol. The lowest BCUT2D eigenvalue weighted by Gasteiger charge is -2.35. The van der Waals surface area contributed by atoms with Gasteiger partial charge in [-0.05, 0) is 130 Å². The Labute approximate surface area is 400 Å². The van der Waals surface area contributed by atoms with Crippen LogP contribution < -0.4 is 16.4 Å². The molecule has 0 fully saturated rings. The average Bonchev–Trinajstić information content (AvgIpc) is 4.02. The van der Waals surface area contributed by atoms with Crippen LogP contribution in [0.15, 0.2) is 206 Å². The first-order valence-corrected chi connectivity index (χ1v) is 24.6. The summed E-state index contributed by atoms with van der Waals surface area (Å²) in [5.41, 5.74) is 25.8. The standard InChI is InChI=1S/C66H34BN3/c1-2-14-39-35(11-1)23-30-52-59(39)48-19-7-8-22-51(48)68(52)38-33-55-64-56(34-38)70-54-32-25-37-13-10-21-45-41-16-4-6-18-43(41)47-27-29-50(66(70)61(47)63(54)58(37)45)67(64)49-28-26-46-42-17-5-3-15-40(42)44-20-9-12-36-24-31-53-62(57(36)44)60(46)65(49)69(53)55/h1-34H. The molecule has 0 amide bonds. The zero-order valence-corrected chi connectivity index (χ0v) is 37.5. The molecule has 3 nitrogen and oxygen atoms in total. The minimum Gasteiger partial charge on any atom is -0.310 e. The van der Waals surface area contributed by atoms with Gasteiger partial charge in [0.2, 0.25) is 0 Å². The van der Waals surface area contributed by atoms with Crippen molar-refractivity contribution in [3.63, 3.8) is 0 Å². The molecule has 2 aliphatic heterocycles. The number of hydrogen-bond acceptors (Lipinski definition) is 0. The zero-order chi connectivity index (χ0) is 44.8. The SMILES string of the molecule is c1ccc2c(c1)-c1cccc3ccc4c(c13)c1c-2ccc2c1n4-c1cc(-n3c4ccccc4c4c5ccccc5ccc43)cc3c1B2c1ccc2c4c5c6c(cccc6ccc5n-3c14)-c1ccccc1-2. The summed E-state index contributed by atoms with van der Waals surface area (Å²) in [5.74, 6) is 0. The number of benzene rings is 12. The van der Waals surface area contributed by atoms with E-state index in [1.165, 1.54) is 170 Å². The molecule has 0 spiro atoms. The number of hydrogen-bond donors (Lipinski definition) is 0. The molecule has 70 heavy (non-hydrogen) atoms. The third kappa shape index (κ3) is 3.80. The van der Waals surface area contributed by atoms with Gasteiger partial charge in [0.15, 0.2) is 0 Å². The topological polar surface area (TPSA) is 14.8 Å². The summed E-state index contributed by atoms with van der Waals surface area (Å²) in [7, 11) is 0. The van der Waals surface area contributed by atoms with Gasteiger partial charge in [0.1, 0.15) is 0 Å². The lowest BCUT2D eigenvalue weighted by molar-refractivity contribution is 1.10. The van der Waals surface area contributed by atoms with E-state index in [0.717, 1.165) is 5.69 Å². The molecule has 0 saturated carbocycles. The normalized spacial score (nSPS) is 13.4. The third-order valence-corrected chi connectivity index (χ3v) is 17.2. The second kappa shape index (κ2) is 11.8. The van der Waals surface area contributed by atoms with Gasteiger partial charge in [-0.1, -0.05) is 170 Å². The van der Waals surface area contributed by atoms with Crippen molar-refractivity contribution in [2.45, 2.75) is 0 Å². The molecule has 15 aromatic rings. The van der Waals surface area contributed by atoms with Crippen molar-refractivity contribution < 1.29 is 0 Å². The minimum atomic E-state index is -0.00803. The Bertz CT molecular complexity index is 4840. The molecule has 2 aliphatic carbocycles. The largest absolute Gasteiger partial charge is 0.310 e. The first kappa shape index (κ1) is 35.1. The Hall–Kier alpha value is -9.12.